The summed E-state index contributed by atoms with van der Waals surface area (Å²) in [6.45, 7) is 2.90. The third-order valence-electron chi connectivity index (χ3n) is 2.64. The van der Waals surface area contributed by atoms with Gasteiger partial charge in [0.05, 0.1) is 6.04 Å². The summed E-state index contributed by atoms with van der Waals surface area (Å²) < 4.78 is 15.0. The topological polar surface area (TPSA) is 12.0 Å². The number of rotatable bonds is 4. The van der Waals surface area contributed by atoms with E-state index in [9.17, 15) is 4.39 Å². The van der Waals surface area contributed by atoms with E-state index in [-0.39, 0.29) is 11.9 Å². The van der Waals surface area contributed by atoms with Crippen LogP contribution in [0, 0.1) is 5.82 Å². The van der Waals surface area contributed by atoms with Gasteiger partial charge in [0.25, 0.3) is 0 Å². The van der Waals surface area contributed by atoms with Crippen LogP contribution in [0.25, 0.3) is 0 Å². The van der Waals surface area contributed by atoms with Crippen molar-refractivity contribution in [2.45, 2.75) is 13.0 Å². The third-order valence-corrected chi connectivity index (χ3v) is 5.07. The number of nitrogens with one attached hydrogen (secondary N) is 1. The zero-order valence-electron chi connectivity index (χ0n) is 9.71. The summed E-state index contributed by atoms with van der Waals surface area (Å²) in [6, 6.07) is 4.87. The van der Waals surface area contributed by atoms with Gasteiger partial charge in [-0.1, -0.05) is 28.9 Å². The Morgan fingerprint density at radius 3 is 2.56 bits per heavy atom. The standard InChI is InChI=1S/C13H12Br2FNS/c1-2-17-13(10-6-18-7-12(10)15)9-4-3-8(16)5-11(9)14/h3-7,13,17H,2H2,1H3. The second-order valence-corrected chi connectivity index (χ2v) is 6.28. The van der Waals surface area contributed by atoms with Gasteiger partial charge in [0.15, 0.2) is 0 Å². The summed E-state index contributed by atoms with van der Waals surface area (Å²) in [5.41, 5.74) is 2.21. The maximum Gasteiger partial charge on any atom is 0.124 e. The second-order valence-electron chi connectivity index (χ2n) is 3.83. The van der Waals surface area contributed by atoms with Crippen LogP contribution < -0.4 is 5.32 Å². The van der Waals surface area contributed by atoms with E-state index < -0.39 is 0 Å². The Labute approximate surface area is 127 Å². The Morgan fingerprint density at radius 1 is 1.22 bits per heavy atom. The molecule has 0 aliphatic rings. The molecule has 5 heteroatoms. The van der Waals surface area contributed by atoms with Crippen molar-refractivity contribution in [1.82, 2.24) is 5.32 Å². The fraction of sp³-hybridized carbons (Fsp3) is 0.231. The second kappa shape index (κ2) is 6.28. The Morgan fingerprint density at radius 2 is 2.00 bits per heavy atom. The van der Waals surface area contributed by atoms with Crippen LogP contribution >= 0.6 is 43.2 Å². The molecule has 0 fully saturated rings. The molecular weight excluding hydrogens is 381 g/mol. The molecule has 0 amide bonds. The predicted molar refractivity (Wildman–Crippen MR) is 81.6 cm³/mol. The average Bonchev–Trinajstić information content (AvgIpc) is 2.73. The van der Waals surface area contributed by atoms with Gasteiger partial charge in [-0.05, 0) is 51.1 Å². The highest BCUT2D eigenvalue weighted by atomic mass is 79.9. The molecule has 1 aromatic heterocycles. The first-order valence-corrected chi connectivity index (χ1v) is 8.06. The van der Waals surface area contributed by atoms with Gasteiger partial charge < -0.3 is 5.32 Å². The van der Waals surface area contributed by atoms with Gasteiger partial charge >= 0.3 is 0 Å². The highest BCUT2D eigenvalue weighted by Gasteiger charge is 2.19. The summed E-state index contributed by atoms with van der Waals surface area (Å²) in [7, 11) is 0. The molecule has 0 saturated carbocycles. The number of benzene rings is 1. The average molecular weight is 393 g/mol. The van der Waals surface area contributed by atoms with E-state index in [0.717, 1.165) is 21.1 Å². The highest BCUT2D eigenvalue weighted by Crippen LogP contribution is 2.34. The van der Waals surface area contributed by atoms with E-state index in [1.807, 2.05) is 6.07 Å². The SMILES string of the molecule is CCNC(c1ccc(F)cc1Br)c1cscc1Br. The van der Waals surface area contributed by atoms with Crippen LogP contribution in [0.3, 0.4) is 0 Å². The zero-order valence-corrected chi connectivity index (χ0v) is 13.7. The normalized spacial score (nSPS) is 12.7. The van der Waals surface area contributed by atoms with E-state index in [0.29, 0.717) is 0 Å². The van der Waals surface area contributed by atoms with Crippen LogP contribution in [0.15, 0.2) is 37.9 Å². The minimum atomic E-state index is -0.231. The van der Waals surface area contributed by atoms with E-state index in [1.165, 1.54) is 17.7 Å². The number of hydrogen-bond acceptors (Lipinski definition) is 2. The first kappa shape index (κ1) is 14.2. The Kier molecular flexibility index (Phi) is 4.95. The molecule has 1 N–H and O–H groups in total. The maximum absolute atomic E-state index is 13.2. The molecule has 1 unspecified atom stereocenters. The first-order valence-electron chi connectivity index (χ1n) is 5.53. The van der Waals surface area contributed by atoms with Crippen molar-refractivity contribution < 1.29 is 4.39 Å². The molecule has 2 aromatic rings. The smallest absolute Gasteiger partial charge is 0.124 e. The lowest BCUT2D eigenvalue weighted by Crippen LogP contribution is -2.22. The summed E-state index contributed by atoms with van der Waals surface area (Å²) in [4.78, 5) is 0. The molecule has 0 spiro atoms. The molecule has 96 valence electrons. The summed E-state index contributed by atoms with van der Waals surface area (Å²) in [6.07, 6.45) is 0. The van der Waals surface area contributed by atoms with Crippen LogP contribution in [-0.2, 0) is 0 Å². The van der Waals surface area contributed by atoms with Crippen molar-refractivity contribution >= 4 is 43.2 Å². The fourth-order valence-corrected chi connectivity index (χ4v) is 3.96. The lowest BCUT2D eigenvalue weighted by Gasteiger charge is -2.19. The van der Waals surface area contributed by atoms with E-state index in [2.05, 4.69) is 54.9 Å². The van der Waals surface area contributed by atoms with Gasteiger partial charge in [-0.15, -0.1) is 0 Å². The van der Waals surface area contributed by atoms with E-state index in [4.69, 9.17) is 0 Å². The minimum Gasteiger partial charge on any atom is -0.306 e. The molecule has 2 rings (SSSR count). The van der Waals surface area contributed by atoms with Crippen LogP contribution in [-0.4, -0.2) is 6.54 Å². The molecule has 0 saturated heterocycles. The van der Waals surface area contributed by atoms with Gasteiger partial charge in [-0.2, -0.15) is 11.3 Å². The van der Waals surface area contributed by atoms with Crippen molar-refractivity contribution in [1.29, 1.82) is 0 Å². The maximum atomic E-state index is 13.2. The largest absolute Gasteiger partial charge is 0.306 e. The Balaban J connectivity index is 2.45. The van der Waals surface area contributed by atoms with Crippen LogP contribution in [0.5, 0.6) is 0 Å². The number of hydrogen-bond donors (Lipinski definition) is 1. The van der Waals surface area contributed by atoms with Crippen molar-refractivity contribution in [3.05, 3.63) is 54.8 Å². The fourth-order valence-electron chi connectivity index (χ4n) is 1.82. The number of halogens is 3. The lowest BCUT2D eigenvalue weighted by atomic mass is 10.0. The van der Waals surface area contributed by atoms with Crippen LogP contribution in [0.2, 0.25) is 0 Å². The van der Waals surface area contributed by atoms with Crippen LogP contribution in [0.4, 0.5) is 4.39 Å². The summed E-state index contributed by atoms with van der Waals surface area (Å²) >= 11 is 8.64. The minimum absolute atomic E-state index is 0.0607. The molecule has 1 atom stereocenters. The van der Waals surface area contributed by atoms with Crippen molar-refractivity contribution in [2.75, 3.05) is 6.54 Å². The molecule has 0 aliphatic heterocycles. The van der Waals surface area contributed by atoms with Gasteiger partial charge in [0, 0.05) is 14.3 Å². The zero-order chi connectivity index (χ0) is 13.1. The molecule has 1 aromatic carbocycles. The molecular formula is C13H12Br2FNS. The summed E-state index contributed by atoms with van der Waals surface area (Å²) in [5, 5.41) is 7.58. The van der Waals surface area contributed by atoms with Gasteiger partial charge in [0.2, 0.25) is 0 Å². The van der Waals surface area contributed by atoms with Crippen molar-refractivity contribution in [2.24, 2.45) is 0 Å². The van der Waals surface area contributed by atoms with Gasteiger partial charge in [-0.25, -0.2) is 4.39 Å². The van der Waals surface area contributed by atoms with E-state index >= 15 is 0 Å². The first-order chi connectivity index (χ1) is 8.63. The number of thiophene rings is 1. The van der Waals surface area contributed by atoms with Crippen molar-refractivity contribution in [3.8, 4) is 0 Å². The summed E-state index contributed by atoms with van der Waals surface area (Å²) in [5.74, 6) is -0.231. The van der Waals surface area contributed by atoms with Gasteiger partial charge in [0.1, 0.15) is 5.82 Å². The monoisotopic (exact) mass is 391 g/mol. The third kappa shape index (κ3) is 3.02. The molecule has 0 radical (unpaired) electrons. The van der Waals surface area contributed by atoms with E-state index in [1.54, 1.807) is 11.3 Å². The molecule has 1 heterocycles. The van der Waals surface area contributed by atoms with Gasteiger partial charge in [-0.3, -0.25) is 0 Å². The van der Waals surface area contributed by atoms with Crippen molar-refractivity contribution in [3.63, 3.8) is 0 Å². The molecule has 18 heavy (non-hydrogen) atoms. The molecule has 1 nitrogen and oxygen atoms in total. The Hall–Kier alpha value is -0.230. The highest BCUT2D eigenvalue weighted by molar-refractivity contribution is 9.10. The predicted octanol–water partition coefficient (Wildman–Crippen LogP) is 5.11. The van der Waals surface area contributed by atoms with Crippen LogP contribution in [0.1, 0.15) is 24.1 Å². The quantitative estimate of drug-likeness (QED) is 0.762. The molecule has 0 aliphatic carbocycles. The Bertz CT molecular complexity index is 542. The molecule has 0 bridgehead atoms. The lowest BCUT2D eigenvalue weighted by molar-refractivity contribution is 0.611.